The molecule has 0 radical (unpaired) electrons. The SMILES string of the molecule is Cc1ccc(C(=O)OC2CCC(C(C)(C)C3CCC(OC(=O)c4ccc(C(C)(C)C)cc4)CC3)CC2)cc1. The van der Waals surface area contributed by atoms with Gasteiger partial charge in [-0.3, -0.25) is 0 Å². The third-order valence-corrected chi connectivity index (χ3v) is 9.27. The summed E-state index contributed by atoms with van der Waals surface area (Å²) in [6, 6.07) is 15.5. The van der Waals surface area contributed by atoms with Crippen molar-refractivity contribution < 1.29 is 19.1 Å². The number of esters is 2. The van der Waals surface area contributed by atoms with Crippen molar-refractivity contribution in [1.29, 1.82) is 0 Å². The second kappa shape index (κ2) is 11.6. The van der Waals surface area contributed by atoms with Crippen LogP contribution in [0.3, 0.4) is 0 Å². The zero-order valence-corrected chi connectivity index (χ0v) is 24.2. The van der Waals surface area contributed by atoms with Gasteiger partial charge in [0.25, 0.3) is 0 Å². The lowest BCUT2D eigenvalue weighted by Gasteiger charge is -2.46. The normalized spacial score (nSPS) is 24.5. The third-order valence-electron chi connectivity index (χ3n) is 9.27. The Bertz CT molecular complexity index is 1070. The predicted molar refractivity (Wildman–Crippen MR) is 152 cm³/mol. The number of carbonyl (C=O) groups excluding carboxylic acids is 2. The first-order valence-corrected chi connectivity index (χ1v) is 14.5. The molecule has 2 aromatic rings. The van der Waals surface area contributed by atoms with E-state index < -0.39 is 0 Å². The molecule has 0 spiro atoms. The molecule has 2 fully saturated rings. The van der Waals surface area contributed by atoms with Gasteiger partial charge in [0.2, 0.25) is 0 Å². The van der Waals surface area contributed by atoms with Crippen molar-refractivity contribution in [3.63, 3.8) is 0 Å². The lowest BCUT2D eigenvalue weighted by molar-refractivity contribution is -0.0199. The van der Waals surface area contributed by atoms with E-state index in [9.17, 15) is 9.59 Å². The Hall–Kier alpha value is -2.62. The van der Waals surface area contributed by atoms with Crippen LogP contribution in [0.15, 0.2) is 48.5 Å². The molecule has 0 atom stereocenters. The highest BCUT2D eigenvalue weighted by atomic mass is 16.5. The number of aryl methyl sites for hydroxylation is 1. The summed E-state index contributed by atoms with van der Waals surface area (Å²) in [5.74, 6) is 0.847. The van der Waals surface area contributed by atoms with Gasteiger partial charge < -0.3 is 9.47 Å². The summed E-state index contributed by atoms with van der Waals surface area (Å²) < 4.78 is 11.8. The summed E-state index contributed by atoms with van der Waals surface area (Å²) in [6.45, 7) is 13.4. The molecule has 0 unspecified atom stereocenters. The molecule has 4 nitrogen and oxygen atoms in total. The van der Waals surface area contributed by atoms with Crippen LogP contribution in [0.2, 0.25) is 0 Å². The molecule has 2 aliphatic carbocycles. The largest absolute Gasteiger partial charge is 0.459 e. The Balaban J connectivity index is 1.23. The lowest BCUT2D eigenvalue weighted by atomic mass is 9.60. The van der Waals surface area contributed by atoms with Crippen molar-refractivity contribution in [1.82, 2.24) is 0 Å². The van der Waals surface area contributed by atoms with E-state index in [2.05, 4.69) is 34.6 Å². The van der Waals surface area contributed by atoms with Gasteiger partial charge in [0.05, 0.1) is 11.1 Å². The second-order valence-electron chi connectivity index (χ2n) is 13.3. The van der Waals surface area contributed by atoms with E-state index in [1.165, 1.54) is 5.56 Å². The van der Waals surface area contributed by atoms with Crippen LogP contribution >= 0.6 is 0 Å². The van der Waals surface area contributed by atoms with Crippen molar-refractivity contribution in [3.8, 4) is 0 Å². The van der Waals surface area contributed by atoms with Crippen LogP contribution in [0.1, 0.15) is 118 Å². The maximum Gasteiger partial charge on any atom is 0.338 e. The van der Waals surface area contributed by atoms with E-state index in [-0.39, 0.29) is 35.0 Å². The van der Waals surface area contributed by atoms with Crippen molar-refractivity contribution >= 4 is 11.9 Å². The average Bonchev–Trinajstić information content (AvgIpc) is 2.89. The van der Waals surface area contributed by atoms with E-state index in [0.717, 1.165) is 56.9 Å². The minimum atomic E-state index is -0.203. The molecule has 38 heavy (non-hydrogen) atoms. The highest BCUT2D eigenvalue weighted by Gasteiger charge is 2.41. The van der Waals surface area contributed by atoms with Gasteiger partial charge in [-0.15, -0.1) is 0 Å². The van der Waals surface area contributed by atoms with Crippen LogP contribution in [-0.4, -0.2) is 24.1 Å². The molecule has 206 valence electrons. The fraction of sp³-hybridized carbons (Fsp3) is 0.588. The van der Waals surface area contributed by atoms with Crippen molar-refractivity contribution in [3.05, 3.63) is 70.8 Å². The van der Waals surface area contributed by atoms with E-state index >= 15 is 0 Å². The monoisotopic (exact) mass is 518 g/mol. The van der Waals surface area contributed by atoms with Crippen LogP contribution < -0.4 is 0 Å². The average molecular weight is 519 g/mol. The smallest absolute Gasteiger partial charge is 0.338 e. The summed E-state index contributed by atoms with van der Waals surface area (Å²) in [4.78, 5) is 25.3. The van der Waals surface area contributed by atoms with Gasteiger partial charge in [-0.1, -0.05) is 64.4 Å². The first kappa shape index (κ1) is 28.4. The first-order valence-electron chi connectivity index (χ1n) is 14.5. The predicted octanol–water partition coefficient (Wildman–Crippen LogP) is 8.45. The Morgan fingerprint density at radius 3 is 1.34 bits per heavy atom. The molecule has 4 rings (SSSR count). The Morgan fingerprint density at radius 2 is 0.974 bits per heavy atom. The van der Waals surface area contributed by atoms with Crippen molar-refractivity contribution in [2.75, 3.05) is 0 Å². The summed E-state index contributed by atoms with van der Waals surface area (Å²) in [5.41, 5.74) is 3.93. The van der Waals surface area contributed by atoms with Crippen molar-refractivity contribution in [2.24, 2.45) is 17.3 Å². The van der Waals surface area contributed by atoms with Crippen LogP contribution in [0.5, 0.6) is 0 Å². The second-order valence-corrected chi connectivity index (χ2v) is 13.3. The number of ether oxygens (including phenoxy) is 2. The molecular formula is C34H46O4. The number of rotatable bonds is 6. The fourth-order valence-electron chi connectivity index (χ4n) is 6.42. The zero-order valence-electron chi connectivity index (χ0n) is 24.2. The Kier molecular flexibility index (Phi) is 8.69. The first-order chi connectivity index (χ1) is 17.9. The highest BCUT2D eigenvalue weighted by Crippen LogP contribution is 2.49. The minimum Gasteiger partial charge on any atom is -0.459 e. The summed E-state index contributed by atoms with van der Waals surface area (Å²) in [7, 11) is 0. The summed E-state index contributed by atoms with van der Waals surface area (Å²) in [5, 5.41) is 0. The number of benzene rings is 2. The molecule has 0 N–H and O–H groups in total. The maximum absolute atomic E-state index is 12.8. The zero-order chi connectivity index (χ0) is 27.5. The molecule has 0 saturated heterocycles. The Labute approximate surface area is 229 Å². The number of hydrogen-bond acceptors (Lipinski definition) is 4. The number of carbonyl (C=O) groups is 2. The quantitative estimate of drug-likeness (QED) is 0.360. The molecular weight excluding hydrogens is 472 g/mol. The van der Waals surface area contributed by atoms with E-state index in [0.29, 0.717) is 23.0 Å². The van der Waals surface area contributed by atoms with E-state index in [4.69, 9.17) is 9.47 Å². The van der Waals surface area contributed by atoms with Gasteiger partial charge in [-0.05, 0) is 111 Å². The molecule has 2 aliphatic rings. The highest BCUT2D eigenvalue weighted by molar-refractivity contribution is 5.90. The van der Waals surface area contributed by atoms with Crippen LogP contribution in [0.25, 0.3) is 0 Å². The maximum atomic E-state index is 12.8. The van der Waals surface area contributed by atoms with E-state index in [1.54, 1.807) is 0 Å². The topological polar surface area (TPSA) is 52.6 Å². The van der Waals surface area contributed by atoms with Gasteiger partial charge in [0.1, 0.15) is 12.2 Å². The standard InChI is InChI=1S/C34H46O4/c1-23-7-9-24(10-8-23)31(35)37-29-19-15-27(16-20-29)34(5,6)28-17-21-30(22-18-28)38-32(36)25-11-13-26(14-12-25)33(2,3)4/h7-14,27-30H,15-22H2,1-6H3. The van der Waals surface area contributed by atoms with Crippen LogP contribution in [-0.2, 0) is 14.9 Å². The van der Waals surface area contributed by atoms with Gasteiger partial charge in [-0.2, -0.15) is 0 Å². The van der Waals surface area contributed by atoms with Gasteiger partial charge in [-0.25, -0.2) is 9.59 Å². The number of hydrogen-bond donors (Lipinski definition) is 0. The molecule has 0 heterocycles. The van der Waals surface area contributed by atoms with Crippen LogP contribution in [0.4, 0.5) is 0 Å². The molecule has 0 aromatic heterocycles. The minimum absolute atomic E-state index is 0.00812. The molecule has 0 amide bonds. The summed E-state index contributed by atoms with van der Waals surface area (Å²) in [6.07, 6.45) is 8.15. The van der Waals surface area contributed by atoms with Gasteiger partial charge in [0, 0.05) is 0 Å². The summed E-state index contributed by atoms with van der Waals surface area (Å²) >= 11 is 0. The van der Waals surface area contributed by atoms with Crippen molar-refractivity contribution in [2.45, 2.75) is 111 Å². The molecule has 0 aliphatic heterocycles. The van der Waals surface area contributed by atoms with E-state index in [1.807, 2.05) is 55.5 Å². The Morgan fingerprint density at radius 1 is 0.605 bits per heavy atom. The molecule has 2 saturated carbocycles. The fourth-order valence-corrected chi connectivity index (χ4v) is 6.42. The lowest BCUT2D eigenvalue weighted by Crippen LogP contribution is -2.39. The van der Waals surface area contributed by atoms with Gasteiger partial charge >= 0.3 is 11.9 Å². The molecule has 2 aromatic carbocycles. The van der Waals surface area contributed by atoms with Gasteiger partial charge in [0.15, 0.2) is 0 Å². The third kappa shape index (κ3) is 6.87. The molecule has 0 bridgehead atoms. The van der Waals surface area contributed by atoms with Crippen LogP contribution in [0, 0.1) is 24.2 Å². The molecule has 4 heteroatoms.